The smallest absolute Gasteiger partial charge is 0.254 e. The third-order valence-corrected chi connectivity index (χ3v) is 2.01. The molecule has 1 aromatic heterocycles. The standard InChI is InChI=1S/C12H12N2O3/c1-2-16-9-3-5-10(6-4-9)17-12-7-11(15)13-8-14-12/h3-8H,2H2,1H3,(H,13,14,15). The lowest BCUT2D eigenvalue weighted by molar-refractivity contribution is 0.339. The number of benzene rings is 1. The van der Waals surface area contributed by atoms with E-state index in [2.05, 4.69) is 9.97 Å². The lowest BCUT2D eigenvalue weighted by atomic mass is 10.3. The van der Waals surface area contributed by atoms with Crippen LogP contribution in [0.3, 0.4) is 0 Å². The van der Waals surface area contributed by atoms with Gasteiger partial charge in [-0.2, -0.15) is 0 Å². The van der Waals surface area contributed by atoms with E-state index in [1.807, 2.05) is 6.92 Å². The summed E-state index contributed by atoms with van der Waals surface area (Å²) >= 11 is 0. The molecule has 0 saturated heterocycles. The molecule has 0 bridgehead atoms. The Morgan fingerprint density at radius 2 is 1.94 bits per heavy atom. The molecule has 0 aliphatic carbocycles. The first-order chi connectivity index (χ1) is 8.28. The van der Waals surface area contributed by atoms with E-state index in [1.165, 1.54) is 12.4 Å². The van der Waals surface area contributed by atoms with Gasteiger partial charge in [0.2, 0.25) is 5.88 Å². The first-order valence-electron chi connectivity index (χ1n) is 5.23. The normalized spacial score (nSPS) is 9.94. The highest BCUT2D eigenvalue weighted by molar-refractivity contribution is 5.33. The van der Waals surface area contributed by atoms with Crippen molar-refractivity contribution >= 4 is 0 Å². The van der Waals surface area contributed by atoms with Gasteiger partial charge in [-0.3, -0.25) is 4.79 Å². The molecule has 0 aliphatic heterocycles. The van der Waals surface area contributed by atoms with Crippen LogP contribution in [-0.4, -0.2) is 16.6 Å². The SMILES string of the molecule is CCOc1ccc(Oc2cc(=O)[nH]cn2)cc1. The van der Waals surface area contributed by atoms with Gasteiger partial charge in [-0.25, -0.2) is 4.98 Å². The molecule has 1 aromatic carbocycles. The molecular weight excluding hydrogens is 220 g/mol. The second-order valence-electron chi connectivity index (χ2n) is 3.26. The van der Waals surface area contributed by atoms with E-state index >= 15 is 0 Å². The van der Waals surface area contributed by atoms with E-state index in [0.29, 0.717) is 12.4 Å². The number of hydrogen-bond acceptors (Lipinski definition) is 4. The molecular formula is C12H12N2O3. The average molecular weight is 232 g/mol. The molecule has 0 unspecified atom stereocenters. The minimum absolute atomic E-state index is 0.249. The summed E-state index contributed by atoms with van der Waals surface area (Å²) in [6.07, 6.45) is 1.30. The summed E-state index contributed by atoms with van der Waals surface area (Å²) in [6, 6.07) is 8.40. The Balaban J connectivity index is 2.11. The van der Waals surface area contributed by atoms with E-state index in [1.54, 1.807) is 24.3 Å². The maximum atomic E-state index is 11.0. The molecule has 2 rings (SSSR count). The fourth-order valence-electron chi connectivity index (χ4n) is 1.30. The number of aromatic nitrogens is 2. The van der Waals surface area contributed by atoms with Gasteiger partial charge < -0.3 is 14.5 Å². The Hall–Kier alpha value is -2.30. The molecule has 0 aliphatic rings. The van der Waals surface area contributed by atoms with Crippen LogP contribution in [-0.2, 0) is 0 Å². The molecule has 0 amide bonds. The van der Waals surface area contributed by atoms with Crippen LogP contribution in [0, 0.1) is 0 Å². The minimum atomic E-state index is -0.249. The molecule has 1 heterocycles. The zero-order valence-corrected chi connectivity index (χ0v) is 9.34. The molecule has 0 fully saturated rings. The Morgan fingerprint density at radius 3 is 2.59 bits per heavy atom. The fraction of sp³-hybridized carbons (Fsp3) is 0.167. The summed E-state index contributed by atoms with van der Waals surface area (Å²) < 4.78 is 10.7. The van der Waals surface area contributed by atoms with Crippen LogP contribution in [0.4, 0.5) is 0 Å². The van der Waals surface area contributed by atoms with Crippen molar-refractivity contribution in [2.24, 2.45) is 0 Å². The number of aromatic amines is 1. The average Bonchev–Trinajstić information content (AvgIpc) is 2.32. The van der Waals surface area contributed by atoms with E-state index in [0.717, 1.165) is 5.75 Å². The predicted octanol–water partition coefficient (Wildman–Crippen LogP) is 1.96. The van der Waals surface area contributed by atoms with Crippen LogP contribution < -0.4 is 15.0 Å². The van der Waals surface area contributed by atoms with Crippen LogP contribution in [0.15, 0.2) is 41.5 Å². The summed E-state index contributed by atoms with van der Waals surface area (Å²) in [5.74, 6) is 1.64. The molecule has 5 heteroatoms. The summed E-state index contributed by atoms with van der Waals surface area (Å²) in [5.41, 5.74) is -0.249. The number of nitrogens with zero attached hydrogens (tertiary/aromatic N) is 1. The van der Waals surface area contributed by atoms with Crippen LogP contribution in [0.5, 0.6) is 17.4 Å². The number of nitrogens with one attached hydrogen (secondary N) is 1. The van der Waals surface area contributed by atoms with Crippen molar-refractivity contribution in [3.63, 3.8) is 0 Å². The largest absolute Gasteiger partial charge is 0.494 e. The highest BCUT2D eigenvalue weighted by atomic mass is 16.5. The summed E-state index contributed by atoms with van der Waals surface area (Å²) in [5, 5.41) is 0. The quantitative estimate of drug-likeness (QED) is 0.875. The van der Waals surface area contributed by atoms with Crippen molar-refractivity contribution in [2.75, 3.05) is 6.61 Å². The Labute approximate surface area is 98.0 Å². The van der Waals surface area contributed by atoms with Gasteiger partial charge in [-0.05, 0) is 31.2 Å². The van der Waals surface area contributed by atoms with Gasteiger partial charge in [0.05, 0.1) is 19.0 Å². The van der Waals surface area contributed by atoms with Crippen LogP contribution in [0.25, 0.3) is 0 Å². The van der Waals surface area contributed by atoms with Gasteiger partial charge >= 0.3 is 0 Å². The maximum absolute atomic E-state index is 11.0. The van der Waals surface area contributed by atoms with E-state index in [-0.39, 0.29) is 11.4 Å². The van der Waals surface area contributed by atoms with Gasteiger partial charge in [-0.1, -0.05) is 0 Å². The van der Waals surface area contributed by atoms with E-state index < -0.39 is 0 Å². The van der Waals surface area contributed by atoms with E-state index in [9.17, 15) is 4.79 Å². The zero-order chi connectivity index (χ0) is 12.1. The molecule has 0 spiro atoms. The van der Waals surface area contributed by atoms with Gasteiger partial charge in [0, 0.05) is 0 Å². The summed E-state index contributed by atoms with van der Waals surface area (Å²) in [4.78, 5) is 17.3. The minimum Gasteiger partial charge on any atom is -0.494 e. The number of hydrogen-bond donors (Lipinski definition) is 1. The Kier molecular flexibility index (Phi) is 3.40. The number of H-pyrrole nitrogens is 1. The van der Waals surface area contributed by atoms with Gasteiger partial charge in [0.25, 0.3) is 5.56 Å². The van der Waals surface area contributed by atoms with Crippen molar-refractivity contribution in [3.8, 4) is 17.4 Å². The lowest BCUT2D eigenvalue weighted by Gasteiger charge is -2.05. The molecule has 17 heavy (non-hydrogen) atoms. The first-order valence-corrected chi connectivity index (χ1v) is 5.23. The van der Waals surface area contributed by atoms with Crippen LogP contribution >= 0.6 is 0 Å². The number of ether oxygens (including phenoxy) is 2. The molecule has 0 radical (unpaired) electrons. The van der Waals surface area contributed by atoms with Crippen molar-refractivity contribution in [1.82, 2.24) is 9.97 Å². The molecule has 0 saturated carbocycles. The molecule has 2 aromatic rings. The molecule has 88 valence electrons. The van der Waals surface area contributed by atoms with Crippen molar-refractivity contribution < 1.29 is 9.47 Å². The Bertz CT molecular complexity index is 534. The van der Waals surface area contributed by atoms with Gasteiger partial charge in [-0.15, -0.1) is 0 Å². The second-order valence-corrected chi connectivity index (χ2v) is 3.26. The highest BCUT2D eigenvalue weighted by Gasteiger charge is 1.99. The fourth-order valence-corrected chi connectivity index (χ4v) is 1.30. The van der Waals surface area contributed by atoms with Crippen LogP contribution in [0.2, 0.25) is 0 Å². The highest BCUT2D eigenvalue weighted by Crippen LogP contribution is 2.21. The second kappa shape index (κ2) is 5.16. The maximum Gasteiger partial charge on any atom is 0.254 e. The van der Waals surface area contributed by atoms with Crippen molar-refractivity contribution in [3.05, 3.63) is 47.0 Å². The lowest BCUT2D eigenvalue weighted by Crippen LogP contribution is -2.04. The van der Waals surface area contributed by atoms with E-state index in [4.69, 9.17) is 9.47 Å². The first kappa shape index (κ1) is 11.2. The Morgan fingerprint density at radius 1 is 1.24 bits per heavy atom. The monoisotopic (exact) mass is 232 g/mol. The third kappa shape index (κ3) is 3.07. The third-order valence-electron chi connectivity index (χ3n) is 2.01. The van der Waals surface area contributed by atoms with Crippen molar-refractivity contribution in [1.29, 1.82) is 0 Å². The summed E-state index contributed by atoms with van der Waals surface area (Å²) in [7, 11) is 0. The molecule has 1 N–H and O–H groups in total. The van der Waals surface area contributed by atoms with Gasteiger partial charge in [0.1, 0.15) is 11.5 Å². The number of rotatable bonds is 4. The topological polar surface area (TPSA) is 64.2 Å². The molecule has 5 nitrogen and oxygen atoms in total. The molecule has 0 atom stereocenters. The van der Waals surface area contributed by atoms with Gasteiger partial charge in [0.15, 0.2) is 0 Å². The van der Waals surface area contributed by atoms with Crippen molar-refractivity contribution in [2.45, 2.75) is 6.92 Å². The zero-order valence-electron chi connectivity index (χ0n) is 9.34. The summed E-state index contributed by atoms with van der Waals surface area (Å²) in [6.45, 7) is 2.54. The van der Waals surface area contributed by atoms with Crippen LogP contribution in [0.1, 0.15) is 6.92 Å². The predicted molar refractivity (Wildman–Crippen MR) is 62.5 cm³/mol.